The van der Waals surface area contributed by atoms with E-state index in [1.54, 1.807) is 11.1 Å². The standard InChI is InChI=1S/C31H30ClFN4O3S/c1-36-15-14-34-30(36)19-37(31(38)27-18-26(27)24-9-2-3-10-28(24)32)22-13-12-20-6-4-11-29(25(20)17-22)35-41(39,40)23-8-5-7-21(33)16-23/h2-3,5,7-10,12-17,26-27,29,35H,4,6,11,18-19H2,1H3. The molecular formula is C31H30ClFN4O3S. The zero-order chi connectivity index (χ0) is 28.7. The normalized spacial score (nSPS) is 19.9. The Morgan fingerprint density at radius 1 is 1.12 bits per heavy atom. The predicted molar refractivity (Wildman–Crippen MR) is 156 cm³/mol. The van der Waals surface area contributed by atoms with Gasteiger partial charge in [0.15, 0.2) is 0 Å². The van der Waals surface area contributed by atoms with Crippen molar-refractivity contribution in [1.82, 2.24) is 14.3 Å². The molecule has 41 heavy (non-hydrogen) atoms. The van der Waals surface area contributed by atoms with Crippen LogP contribution in [0.2, 0.25) is 5.02 Å². The molecule has 1 amide bonds. The zero-order valence-corrected chi connectivity index (χ0v) is 24.1. The predicted octanol–water partition coefficient (Wildman–Crippen LogP) is 5.91. The Kier molecular flexibility index (Phi) is 7.44. The Bertz CT molecular complexity index is 1720. The molecule has 3 atom stereocenters. The smallest absolute Gasteiger partial charge is 0.241 e. The highest BCUT2D eigenvalue weighted by atomic mass is 35.5. The molecule has 1 saturated carbocycles. The minimum atomic E-state index is -3.96. The maximum absolute atomic E-state index is 14.0. The van der Waals surface area contributed by atoms with Gasteiger partial charge in [0.1, 0.15) is 11.6 Å². The molecule has 1 aromatic heterocycles. The highest BCUT2D eigenvalue weighted by Crippen LogP contribution is 2.51. The lowest BCUT2D eigenvalue weighted by molar-refractivity contribution is -0.120. The number of nitrogens with zero attached hydrogens (tertiary/aromatic N) is 3. The van der Waals surface area contributed by atoms with E-state index in [-0.39, 0.29) is 29.2 Å². The highest BCUT2D eigenvalue weighted by molar-refractivity contribution is 7.89. The summed E-state index contributed by atoms with van der Waals surface area (Å²) in [5, 5.41) is 0.658. The van der Waals surface area contributed by atoms with E-state index < -0.39 is 21.9 Å². The number of carbonyl (C=O) groups is 1. The lowest BCUT2D eigenvalue weighted by Crippen LogP contribution is -2.34. The van der Waals surface area contributed by atoms with Crippen molar-refractivity contribution in [2.24, 2.45) is 13.0 Å². The summed E-state index contributed by atoms with van der Waals surface area (Å²) in [6.07, 6.45) is 6.45. The number of hydrogen-bond acceptors (Lipinski definition) is 4. The van der Waals surface area contributed by atoms with Crippen molar-refractivity contribution in [3.63, 3.8) is 0 Å². The summed E-state index contributed by atoms with van der Waals surface area (Å²) in [5.74, 6) is -0.0743. The molecule has 1 N–H and O–H groups in total. The van der Waals surface area contributed by atoms with Crippen LogP contribution in [-0.2, 0) is 34.8 Å². The van der Waals surface area contributed by atoms with Gasteiger partial charge < -0.3 is 9.47 Å². The van der Waals surface area contributed by atoms with Crippen LogP contribution in [0.4, 0.5) is 10.1 Å². The van der Waals surface area contributed by atoms with Crippen molar-refractivity contribution in [2.45, 2.75) is 49.1 Å². The number of aromatic nitrogens is 2. The molecule has 1 heterocycles. The monoisotopic (exact) mass is 592 g/mol. The van der Waals surface area contributed by atoms with Gasteiger partial charge in [-0.1, -0.05) is 41.9 Å². The summed E-state index contributed by atoms with van der Waals surface area (Å²) in [7, 11) is -2.08. The quantitative estimate of drug-likeness (QED) is 0.276. The molecule has 7 nitrogen and oxygen atoms in total. The van der Waals surface area contributed by atoms with Crippen LogP contribution in [0.3, 0.4) is 0 Å². The van der Waals surface area contributed by atoms with Gasteiger partial charge in [-0.3, -0.25) is 4.79 Å². The van der Waals surface area contributed by atoms with Crippen molar-refractivity contribution in [2.75, 3.05) is 4.90 Å². The van der Waals surface area contributed by atoms with Gasteiger partial charge in [-0.2, -0.15) is 0 Å². The Balaban J connectivity index is 1.32. The van der Waals surface area contributed by atoms with E-state index in [4.69, 9.17) is 11.6 Å². The highest BCUT2D eigenvalue weighted by Gasteiger charge is 2.47. The van der Waals surface area contributed by atoms with E-state index in [2.05, 4.69) is 9.71 Å². The van der Waals surface area contributed by atoms with E-state index in [0.717, 1.165) is 41.4 Å². The first-order chi connectivity index (χ1) is 19.7. The minimum Gasteiger partial charge on any atom is -0.337 e. The van der Waals surface area contributed by atoms with Gasteiger partial charge in [-0.15, -0.1) is 0 Å². The maximum Gasteiger partial charge on any atom is 0.241 e. The summed E-state index contributed by atoms with van der Waals surface area (Å²) < 4.78 is 44.8. The molecule has 0 bridgehead atoms. The molecule has 4 aromatic rings. The molecule has 10 heteroatoms. The molecule has 0 aliphatic heterocycles. The van der Waals surface area contributed by atoms with Gasteiger partial charge in [0.25, 0.3) is 0 Å². The summed E-state index contributed by atoms with van der Waals surface area (Å²) in [4.78, 5) is 20.1. The second-order valence-electron chi connectivity index (χ2n) is 10.8. The van der Waals surface area contributed by atoms with Crippen molar-refractivity contribution in [3.8, 4) is 0 Å². The Labute approximate surface area is 244 Å². The summed E-state index contributed by atoms with van der Waals surface area (Å²) >= 11 is 6.45. The molecule has 0 spiro atoms. The number of hydrogen-bond donors (Lipinski definition) is 1. The second kappa shape index (κ2) is 11.0. The Morgan fingerprint density at radius 2 is 1.95 bits per heavy atom. The van der Waals surface area contributed by atoms with Crippen molar-refractivity contribution in [3.05, 3.63) is 112 Å². The topological polar surface area (TPSA) is 84.3 Å². The van der Waals surface area contributed by atoms with Gasteiger partial charge in [0.05, 0.1) is 11.4 Å². The molecular weight excluding hydrogens is 563 g/mol. The molecule has 0 radical (unpaired) electrons. The van der Waals surface area contributed by atoms with Crippen LogP contribution >= 0.6 is 11.6 Å². The number of rotatable bonds is 8. The first-order valence-corrected chi connectivity index (χ1v) is 15.5. The number of anilines is 1. The van der Waals surface area contributed by atoms with Crippen molar-refractivity contribution < 1.29 is 17.6 Å². The van der Waals surface area contributed by atoms with Crippen LogP contribution in [0.1, 0.15) is 53.7 Å². The fourth-order valence-electron chi connectivity index (χ4n) is 5.74. The van der Waals surface area contributed by atoms with Crippen LogP contribution in [0.15, 0.2) is 84.0 Å². The zero-order valence-electron chi connectivity index (χ0n) is 22.5. The van der Waals surface area contributed by atoms with Gasteiger partial charge in [0, 0.05) is 42.1 Å². The lowest BCUT2D eigenvalue weighted by Gasteiger charge is -2.29. The summed E-state index contributed by atoms with van der Waals surface area (Å²) in [5.41, 5.74) is 3.50. The van der Waals surface area contributed by atoms with Crippen LogP contribution in [0, 0.1) is 11.7 Å². The number of halogens is 2. The van der Waals surface area contributed by atoms with E-state index in [0.29, 0.717) is 23.6 Å². The van der Waals surface area contributed by atoms with Crippen LogP contribution in [0.25, 0.3) is 0 Å². The number of sulfonamides is 1. The van der Waals surface area contributed by atoms with Gasteiger partial charge in [0.2, 0.25) is 15.9 Å². The fourth-order valence-corrected chi connectivity index (χ4v) is 7.30. The molecule has 212 valence electrons. The van der Waals surface area contributed by atoms with Crippen molar-refractivity contribution >= 4 is 33.2 Å². The number of carbonyl (C=O) groups excluding carboxylic acids is 1. The van der Waals surface area contributed by atoms with E-state index >= 15 is 0 Å². The van der Waals surface area contributed by atoms with Gasteiger partial charge in [-0.25, -0.2) is 22.5 Å². The van der Waals surface area contributed by atoms with E-state index in [1.165, 1.54) is 18.2 Å². The second-order valence-corrected chi connectivity index (χ2v) is 12.9. The fraction of sp³-hybridized carbons (Fsp3) is 0.290. The molecule has 1 fully saturated rings. The number of imidazole rings is 1. The van der Waals surface area contributed by atoms with Crippen molar-refractivity contribution in [1.29, 1.82) is 0 Å². The number of aryl methyl sites for hydroxylation is 2. The lowest BCUT2D eigenvalue weighted by atomic mass is 9.87. The number of nitrogens with one attached hydrogen (secondary N) is 1. The number of benzene rings is 3. The largest absolute Gasteiger partial charge is 0.337 e. The third-order valence-corrected chi connectivity index (χ3v) is 9.87. The Hall–Kier alpha value is -3.53. The third-order valence-electron chi connectivity index (χ3n) is 8.06. The molecule has 3 aromatic carbocycles. The SMILES string of the molecule is Cn1ccnc1CN(C(=O)C1CC1c1ccccc1Cl)c1ccc2c(c1)C(NS(=O)(=O)c1cccc(F)c1)CCC2. The summed E-state index contributed by atoms with van der Waals surface area (Å²) in [6, 6.07) is 17.9. The minimum absolute atomic E-state index is 0.0226. The molecule has 2 aliphatic carbocycles. The number of amides is 1. The summed E-state index contributed by atoms with van der Waals surface area (Å²) in [6.45, 7) is 0.270. The number of fused-ring (bicyclic) bond motifs is 1. The van der Waals surface area contributed by atoms with Crippen LogP contribution in [0.5, 0.6) is 0 Å². The average Bonchev–Trinajstić information content (AvgIpc) is 3.65. The Morgan fingerprint density at radius 3 is 2.71 bits per heavy atom. The molecule has 2 aliphatic rings. The van der Waals surface area contributed by atoms with Crippen LogP contribution in [-0.4, -0.2) is 23.9 Å². The third kappa shape index (κ3) is 5.66. The van der Waals surface area contributed by atoms with Gasteiger partial charge >= 0.3 is 0 Å². The van der Waals surface area contributed by atoms with E-state index in [1.807, 2.05) is 60.3 Å². The molecule has 6 rings (SSSR count). The maximum atomic E-state index is 14.0. The first-order valence-electron chi connectivity index (χ1n) is 13.6. The van der Waals surface area contributed by atoms with Gasteiger partial charge in [-0.05, 0) is 84.7 Å². The van der Waals surface area contributed by atoms with E-state index in [9.17, 15) is 17.6 Å². The average molecular weight is 593 g/mol. The first kappa shape index (κ1) is 27.6. The van der Waals surface area contributed by atoms with Crippen LogP contribution < -0.4 is 9.62 Å². The molecule has 0 saturated heterocycles. The molecule has 3 unspecified atom stereocenters.